The quantitative estimate of drug-likeness (QED) is 0.859. The minimum absolute atomic E-state index is 0. The van der Waals surface area contributed by atoms with Crippen molar-refractivity contribution in [3.8, 4) is 5.75 Å². The lowest BCUT2D eigenvalue weighted by atomic mass is 10.1. The number of methoxy groups -OCH3 is 1. The highest BCUT2D eigenvalue weighted by molar-refractivity contribution is 5.98. The van der Waals surface area contributed by atoms with Gasteiger partial charge in [-0.2, -0.15) is 0 Å². The Labute approximate surface area is 131 Å². The SMILES string of the molecule is COc1ccc(C(=O)N(C)C)cc1NC(=O)C(C)CN.Cl. The van der Waals surface area contributed by atoms with Crippen molar-refractivity contribution in [2.24, 2.45) is 11.7 Å². The summed E-state index contributed by atoms with van der Waals surface area (Å²) in [7, 11) is 4.84. The Bertz CT molecular complexity index is 506. The van der Waals surface area contributed by atoms with Crippen LogP contribution in [0.1, 0.15) is 17.3 Å². The molecule has 0 radical (unpaired) electrons. The number of nitrogens with one attached hydrogen (secondary N) is 1. The highest BCUT2D eigenvalue weighted by Crippen LogP contribution is 2.26. The first-order valence-corrected chi connectivity index (χ1v) is 6.31. The molecule has 3 N–H and O–H groups in total. The van der Waals surface area contributed by atoms with Gasteiger partial charge in [0.2, 0.25) is 5.91 Å². The molecular formula is C14H22ClN3O3. The van der Waals surface area contributed by atoms with Crippen molar-refractivity contribution in [1.82, 2.24) is 4.90 Å². The Morgan fingerprint density at radius 1 is 1.38 bits per heavy atom. The van der Waals surface area contributed by atoms with E-state index in [0.29, 0.717) is 17.0 Å². The van der Waals surface area contributed by atoms with Gasteiger partial charge in [-0.05, 0) is 18.2 Å². The molecule has 1 atom stereocenters. The van der Waals surface area contributed by atoms with Gasteiger partial charge in [0.25, 0.3) is 5.91 Å². The van der Waals surface area contributed by atoms with Crippen molar-refractivity contribution in [2.75, 3.05) is 33.1 Å². The third-order valence-corrected chi connectivity index (χ3v) is 2.91. The number of anilines is 1. The Morgan fingerprint density at radius 2 is 2.00 bits per heavy atom. The number of nitrogens with zero attached hydrogens (tertiary/aromatic N) is 1. The topological polar surface area (TPSA) is 84.7 Å². The number of carbonyl (C=O) groups excluding carboxylic acids is 2. The fourth-order valence-electron chi connectivity index (χ4n) is 1.56. The molecule has 0 heterocycles. The van der Waals surface area contributed by atoms with Gasteiger partial charge in [0.05, 0.1) is 12.8 Å². The van der Waals surface area contributed by atoms with E-state index in [9.17, 15) is 9.59 Å². The van der Waals surface area contributed by atoms with Crippen LogP contribution in [-0.4, -0.2) is 44.5 Å². The van der Waals surface area contributed by atoms with Gasteiger partial charge in [-0.25, -0.2) is 0 Å². The number of benzene rings is 1. The van der Waals surface area contributed by atoms with Gasteiger partial charge in [-0.3, -0.25) is 9.59 Å². The predicted molar refractivity (Wildman–Crippen MR) is 85.1 cm³/mol. The molecule has 21 heavy (non-hydrogen) atoms. The smallest absolute Gasteiger partial charge is 0.253 e. The van der Waals surface area contributed by atoms with E-state index in [1.807, 2.05) is 0 Å². The minimum atomic E-state index is -0.312. The number of carbonyl (C=O) groups is 2. The predicted octanol–water partition coefficient (Wildman–Crippen LogP) is 1.35. The number of amides is 2. The van der Waals surface area contributed by atoms with E-state index in [1.165, 1.54) is 12.0 Å². The molecule has 1 unspecified atom stereocenters. The second kappa shape index (κ2) is 8.49. The van der Waals surface area contributed by atoms with Crippen molar-refractivity contribution >= 4 is 29.9 Å². The Morgan fingerprint density at radius 3 is 2.48 bits per heavy atom. The Kier molecular flexibility index (Phi) is 7.76. The van der Waals surface area contributed by atoms with Crippen LogP contribution in [0.2, 0.25) is 0 Å². The average Bonchev–Trinajstić information content (AvgIpc) is 2.45. The summed E-state index contributed by atoms with van der Waals surface area (Å²) in [5.41, 5.74) is 6.40. The molecule has 1 aromatic rings. The van der Waals surface area contributed by atoms with Gasteiger partial charge < -0.3 is 20.7 Å². The molecule has 0 fully saturated rings. The summed E-state index contributed by atoms with van der Waals surface area (Å²) in [5, 5.41) is 2.73. The van der Waals surface area contributed by atoms with Crippen LogP contribution in [0.3, 0.4) is 0 Å². The Hall–Kier alpha value is -1.79. The molecule has 2 amide bonds. The number of nitrogens with two attached hydrogens (primary N) is 1. The van der Waals surface area contributed by atoms with E-state index in [4.69, 9.17) is 10.5 Å². The minimum Gasteiger partial charge on any atom is -0.495 e. The summed E-state index contributed by atoms with van der Waals surface area (Å²) < 4.78 is 5.18. The third-order valence-electron chi connectivity index (χ3n) is 2.91. The highest BCUT2D eigenvalue weighted by atomic mass is 35.5. The largest absolute Gasteiger partial charge is 0.495 e. The van der Waals surface area contributed by atoms with Crippen LogP contribution in [-0.2, 0) is 4.79 Å². The fraction of sp³-hybridized carbons (Fsp3) is 0.429. The molecule has 118 valence electrons. The van der Waals surface area contributed by atoms with Crippen LogP contribution < -0.4 is 15.8 Å². The molecule has 0 saturated carbocycles. The van der Waals surface area contributed by atoms with Crippen LogP contribution in [0.15, 0.2) is 18.2 Å². The van der Waals surface area contributed by atoms with Gasteiger partial charge in [0.1, 0.15) is 5.75 Å². The summed E-state index contributed by atoms with van der Waals surface area (Å²) in [6.45, 7) is 1.99. The number of ether oxygens (including phenoxy) is 1. The second-order valence-corrected chi connectivity index (χ2v) is 4.74. The lowest BCUT2D eigenvalue weighted by Crippen LogP contribution is -2.27. The van der Waals surface area contributed by atoms with E-state index in [2.05, 4.69) is 5.32 Å². The van der Waals surface area contributed by atoms with Crippen LogP contribution in [0, 0.1) is 5.92 Å². The van der Waals surface area contributed by atoms with Crippen molar-refractivity contribution in [3.63, 3.8) is 0 Å². The molecule has 0 aliphatic rings. The number of rotatable bonds is 5. The number of hydrogen-bond donors (Lipinski definition) is 2. The van der Waals surface area contributed by atoms with Gasteiger partial charge in [-0.1, -0.05) is 6.92 Å². The monoisotopic (exact) mass is 315 g/mol. The maximum Gasteiger partial charge on any atom is 0.253 e. The van der Waals surface area contributed by atoms with Crippen LogP contribution in [0.4, 0.5) is 5.69 Å². The second-order valence-electron chi connectivity index (χ2n) is 4.74. The van der Waals surface area contributed by atoms with Crippen LogP contribution >= 0.6 is 12.4 Å². The van der Waals surface area contributed by atoms with Gasteiger partial charge in [-0.15, -0.1) is 12.4 Å². The van der Waals surface area contributed by atoms with Crippen molar-refractivity contribution in [3.05, 3.63) is 23.8 Å². The maximum absolute atomic E-state index is 11.9. The van der Waals surface area contributed by atoms with E-state index in [0.717, 1.165) is 0 Å². The van der Waals surface area contributed by atoms with E-state index in [-0.39, 0.29) is 36.7 Å². The van der Waals surface area contributed by atoms with Crippen LogP contribution in [0.5, 0.6) is 5.75 Å². The summed E-state index contributed by atoms with van der Waals surface area (Å²) in [6, 6.07) is 4.91. The van der Waals surface area contributed by atoms with Gasteiger partial charge in [0, 0.05) is 32.1 Å². The molecule has 0 bridgehead atoms. The summed E-state index contributed by atoms with van der Waals surface area (Å²) in [5.74, 6) is -0.166. The Balaban J connectivity index is 0.00000400. The van der Waals surface area contributed by atoms with E-state index < -0.39 is 0 Å². The molecule has 0 saturated heterocycles. The first-order valence-electron chi connectivity index (χ1n) is 6.31. The van der Waals surface area contributed by atoms with E-state index in [1.54, 1.807) is 39.2 Å². The molecule has 0 aliphatic heterocycles. The summed E-state index contributed by atoms with van der Waals surface area (Å²) in [6.07, 6.45) is 0. The molecule has 6 nitrogen and oxygen atoms in total. The standard InChI is InChI=1S/C14H21N3O3.ClH/c1-9(8-15)13(18)16-11-7-10(14(19)17(2)3)5-6-12(11)20-4;/h5-7,9H,8,15H2,1-4H3,(H,16,18);1H. The lowest BCUT2D eigenvalue weighted by Gasteiger charge is -2.15. The number of hydrogen-bond acceptors (Lipinski definition) is 4. The molecular weight excluding hydrogens is 294 g/mol. The third kappa shape index (κ3) is 4.91. The average molecular weight is 316 g/mol. The van der Waals surface area contributed by atoms with Crippen molar-refractivity contribution in [1.29, 1.82) is 0 Å². The zero-order chi connectivity index (χ0) is 15.3. The van der Waals surface area contributed by atoms with Gasteiger partial charge in [0.15, 0.2) is 0 Å². The molecule has 0 aromatic heterocycles. The lowest BCUT2D eigenvalue weighted by molar-refractivity contribution is -0.119. The summed E-state index contributed by atoms with van der Waals surface area (Å²) >= 11 is 0. The van der Waals surface area contributed by atoms with Crippen molar-refractivity contribution in [2.45, 2.75) is 6.92 Å². The molecule has 1 aromatic carbocycles. The first kappa shape index (κ1) is 19.2. The first-order chi connectivity index (χ1) is 9.40. The number of halogens is 1. The molecule has 0 aliphatic carbocycles. The van der Waals surface area contributed by atoms with Gasteiger partial charge >= 0.3 is 0 Å². The summed E-state index contributed by atoms with van der Waals surface area (Å²) in [4.78, 5) is 25.3. The maximum atomic E-state index is 11.9. The molecule has 1 rings (SSSR count). The normalized spacial score (nSPS) is 11.1. The van der Waals surface area contributed by atoms with Crippen molar-refractivity contribution < 1.29 is 14.3 Å². The zero-order valence-corrected chi connectivity index (χ0v) is 13.5. The highest BCUT2D eigenvalue weighted by Gasteiger charge is 2.16. The fourth-order valence-corrected chi connectivity index (χ4v) is 1.56. The molecule has 7 heteroatoms. The van der Waals surface area contributed by atoms with E-state index >= 15 is 0 Å². The van der Waals surface area contributed by atoms with Crippen LogP contribution in [0.25, 0.3) is 0 Å². The zero-order valence-electron chi connectivity index (χ0n) is 12.7. The molecule has 0 spiro atoms.